The number of hydrogen-bond donors (Lipinski definition) is 2. The first-order chi connectivity index (χ1) is 14.8. The minimum absolute atomic E-state index is 0.0604. The Morgan fingerprint density at radius 2 is 2.06 bits per heavy atom. The number of nitro benzene ring substituents is 1. The third kappa shape index (κ3) is 4.92. The minimum Gasteiger partial charge on any atom is -0.481 e. The lowest BCUT2D eigenvalue weighted by Gasteiger charge is -2.53. The van der Waals surface area contributed by atoms with Crippen molar-refractivity contribution >= 4 is 35.4 Å². The van der Waals surface area contributed by atoms with E-state index in [9.17, 15) is 29.6 Å². The van der Waals surface area contributed by atoms with E-state index in [1.165, 1.54) is 40.9 Å². The predicted molar refractivity (Wildman–Crippen MR) is 112 cm³/mol. The van der Waals surface area contributed by atoms with E-state index in [2.05, 4.69) is 12.2 Å². The first-order valence-corrected chi connectivity index (χ1v) is 11.1. The topological polar surface area (TPSA) is 139 Å². The SMILES string of the molecule is CCCCCC1(C(=O)O)CS[C@@H]2C(NC(=O)OCc3ccc([N+](=O)[O-])cc3)C(=O)N2C1. The molecule has 2 N–H and O–H groups in total. The fourth-order valence-electron chi connectivity index (χ4n) is 3.76. The summed E-state index contributed by atoms with van der Waals surface area (Å²) in [5.41, 5.74) is -0.435. The van der Waals surface area contributed by atoms with Crippen LogP contribution in [0.5, 0.6) is 0 Å². The second kappa shape index (κ2) is 9.54. The molecule has 11 heteroatoms. The van der Waals surface area contributed by atoms with Crippen LogP contribution in [-0.4, -0.2) is 56.6 Å². The number of carboxylic acid groups (broad SMARTS) is 1. The molecule has 0 saturated carbocycles. The number of carboxylic acids is 1. The van der Waals surface area contributed by atoms with E-state index in [0.717, 1.165) is 19.3 Å². The fraction of sp³-hybridized carbons (Fsp3) is 0.550. The summed E-state index contributed by atoms with van der Waals surface area (Å²) >= 11 is 1.37. The summed E-state index contributed by atoms with van der Waals surface area (Å²) in [7, 11) is 0. The average molecular weight is 452 g/mol. The summed E-state index contributed by atoms with van der Waals surface area (Å²) < 4.78 is 5.11. The number of benzene rings is 1. The lowest BCUT2D eigenvalue weighted by molar-refractivity contribution is -0.384. The number of amides is 2. The predicted octanol–water partition coefficient (Wildman–Crippen LogP) is 2.76. The van der Waals surface area contributed by atoms with Crippen molar-refractivity contribution < 1.29 is 29.2 Å². The third-order valence-corrected chi connectivity index (χ3v) is 7.24. The van der Waals surface area contributed by atoms with Gasteiger partial charge in [-0.3, -0.25) is 19.7 Å². The molecule has 0 radical (unpaired) electrons. The van der Waals surface area contributed by atoms with Crippen LogP contribution in [0.15, 0.2) is 24.3 Å². The number of carbonyl (C=O) groups excluding carboxylic acids is 2. The van der Waals surface area contributed by atoms with Crippen LogP contribution in [0.3, 0.4) is 0 Å². The fourth-order valence-corrected chi connectivity index (χ4v) is 5.34. The molecule has 0 spiro atoms. The number of thioether (sulfide) groups is 1. The standard InChI is InChI=1S/C20H25N3O7S/c1-2-3-4-9-20(18(25)26)11-22-16(24)15(17(22)31-12-20)21-19(27)30-10-13-5-7-14(8-6-13)23(28)29/h5-8,15,17H,2-4,9-12H2,1H3,(H,21,27)(H,25,26)/t15?,17-,20?/m1/s1. The Morgan fingerprint density at radius 1 is 1.35 bits per heavy atom. The number of hydrogen-bond acceptors (Lipinski definition) is 7. The number of nitrogens with one attached hydrogen (secondary N) is 1. The van der Waals surface area contributed by atoms with Crippen molar-refractivity contribution in [2.24, 2.45) is 5.41 Å². The molecular formula is C20H25N3O7S. The number of unbranched alkanes of at least 4 members (excludes halogenated alkanes) is 2. The number of carbonyl (C=O) groups is 3. The number of ether oxygens (including phenoxy) is 1. The molecule has 10 nitrogen and oxygen atoms in total. The second-order valence-corrected chi connectivity index (χ2v) is 8.94. The van der Waals surface area contributed by atoms with Gasteiger partial charge in [0.25, 0.3) is 5.69 Å². The Kier molecular flexibility index (Phi) is 7.04. The molecule has 1 aromatic rings. The van der Waals surface area contributed by atoms with Crippen molar-refractivity contribution in [2.45, 2.75) is 50.6 Å². The Hall–Kier alpha value is -2.82. The molecule has 2 amide bonds. The van der Waals surface area contributed by atoms with Gasteiger partial charge in [-0.15, -0.1) is 11.8 Å². The van der Waals surface area contributed by atoms with E-state index in [4.69, 9.17) is 4.74 Å². The van der Waals surface area contributed by atoms with E-state index >= 15 is 0 Å². The maximum Gasteiger partial charge on any atom is 0.408 e. The molecule has 2 fully saturated rings. The summed E-state index contributed by atoms with van der Waals surface area (Å²) in [5, 5.41) is 22.7. The van der Waals surface area contributed by atoms with E-state index in [0.29, 0.717) is 17.7 Å². The summed E-state index contributed by atoms with van der Waals surface area (Å²) in [6.45, 7) is 2.11. The summed E-state index contributed by atoms with van der Waals surface area (Å²) in [4.78, 5) is 48.2. The van der Waals surface area contributed by atoms with Gasteiger partial charge in [-0.05, 0) is 24.1 Å². The van der Waals surface area contributed by atoms with Crippen LogP contribution in [-0.2, 0) is 20.9 Å². The average Bonchev–Trinajstić information content (AvgIpc) is 2.76. The highest BCUT2D eigenvalue weighted by Crippen LogP contribution is 2.44. The van der Waals surface area contributed by atoms with Gasteiger partial charge in [-0.1, -0.05) is 26.2 Å². The minimum atomic E-state index is -0.951. The number of aliphatic carboxylic acids is 1. The van der Waals surface area contributed by atoms with Crippen LogP contribution >= 0.6 is 11.8 Å². The van der Waals surface area contributed by atoms with Crippen molar-refractivity contribution in [3.05, 3.63) is 39.9 Å². The zero-order valence-electron chi connectivity index (χ0n) is 17.1. The zero-order chi connectivity index (χ0) is 22.6. The molecule has 2 aliphatic heterocycles. The van der Waals surface area contributed by atoms with Crippen LogP contribution in [0.1, 0.15) is 38.2 Å². The molecular weight excluding hydrogens is 426 g/mol. The molecule has 168 valence electrons. The smallest absolute Gasteiger partial charge is 0.408 e. The van der Waals surface area contributed by atoms with Crippen LogP contribution in [0.2, 0.25) is 0 Å². The van der Waals surface area contributed by atoms with E-state index < -0.39 is 28.4 Å². The molecule has 0 aliphatic carbocycles. The Bertz CT molecular complexity index is 863. The highest BCUT2D eigenvalue weighted by molar-refractivity contribution is 8.00. The quantitative estimate of drug-likeness (QED) is 0.253. The maximum absolute atomic E-state index is 12.5. The number of β-lactam (4-membered cyclic amide) rings is 1. The van der Waals surface area contributed by atoms with Gasteiger partial charge in [-0.25, -0.2) is 4.79 Å². The molecule has 0 aromatic heterocycles. The number of fused-ring (bicyclic) bond motifs is 1. The number of rotatable bonds is 9. The Morgan fingerprint density at radius 3 is 2.68 bits per heavy atom. The number of non-ortho nitro benzene ring substituents is 1. The first kappa shape index (κ1) is 22.9. The molecule has 1 aromatic carbocycles. The summed E-state index contributed by atoms with van der Waals surface area (Å²) in [6.07, 6.45) is 2.49. The van der Waals surface area contributed by atoms with Gasteiger partial charge in [0.05, 0.1) is 10.3 Å². The number of nitro groups is 1. The van der Waals surface area contributed by atoms with E-state index in [-0.39, 0.29) is 30.1 Å². The molecule has 2 heterocycles. The van der Waals surface area contributed by atoms with Gasteiger partial charge in [0, 0.05) is 24.4 Å². The highest BCUT2D eigenvalue weighted by Gasteiger charge is 2.57. The first-order valence-electron chi connectivity index (χ1n) is 10.1. The Balaban J connectivity index is 1.51. The molecule has 3 atom stereocenters. The van der Waals surface area contributed by atoms with Gasteiger partial charge in [-0.2, -0.15) is 0 Å². The largest absolute Gasteiger partial charge is 0.481 e. The Labute approximate surface area is 183 Å². The van der Waals surface area contributed by atoms with Crippen molar-refractivity contribution in [3.8, 4) is 0 Å². The molecule has 2 aliphatic rings. The van der Waals surface area contributed by atoms with Gasteiger partial charge >= 0.3 is 12.1 Å². The van der Waals surface area contributed by atoms with E-state index in [1.807, 2.05) is 0 Å². The summed E-state index contributed by atoms with van der Waals surface area (Å²) in [6, 6.07) is 4.86. The van der Waals surface area contributed by atoms with Crippen molar-refractivity contribution in [1.29, 1.82) is 0 Å². The molecule has 0 bridgehead atoms. The normalized spacial score (nSPS) is 24.7. The number of alkyl carbamates (subject to hydrolysis) is 1. The van der Waals surface area contributed by atoms with Crippen molar-refractivity contribution in [3.63, 3.8) is 0 Å². The van der Waals surface area contributed by atoms with Crippen LogP contribution in [0.25, 0.3) is 0 Å². The lowest BCUT2D eigenvalue weighted by Crippen LogP contribution is -2.73. The van der Waals surface area contributed by atoms with Crippen LogP contribution in [0, 0.1) is 15.5 Å². The van der Waals surface area contributed by atoms with Crippen LogP contribution in [0.4, 0.5) is 10.5 Å². The monoisotopic (exact) mass is 451 g/mol. The van der Waals surface area contributed by atoms with E-state index in [1.54, 1.807) is 0 Å². The third-order valence-electron chi connectivity index (χ3n) is 5.65. The highest BCUT2D eigenvalue weighted by atomic mass is 32.2. The molecule has 2 saturated heterocycles. The lowest BCUT2D eigenvalue weighted by atomic mass is 9.82. The molecule has 2 unspecified atom stereocenters. The summed E-state index contributed by atoms with van der Waals surface area (Å²) in [5.74, 6) is -0.817. The van der Waals surface area contributed by atoms with Gasteiger partial charge in [0.1, 0.15) is 18.0 Å². The van der Waals surface area contributed by atoms with Gasteiger partial charge in [0.2, 0.25) is 5.91 Å². The molecule has 3 rings (SSSR count). The second-order valence-electron chi connectivity index (χ2n) is 7.83. The van der Waals surface area contributed by atoms with Crippen molar-refractivity contribution in [1.82, 2.24) is 10.2 Å². The maximum atomic E-state index is 12.5. The van der Waals surface area contributed by atoms with Gasteiger partial charge in [0.15, 0.2) is 0 Å². The zero-order valence-corrected chi connectivity index (χ0v) is 17.9. The van der Waals surface area contributed by atoms with Crippen molar-refractivity contribution in [2.75, 3.05) is 12.3 Å². The van der Waals surface area contributed by atoms with Gasteiger partial charge < -0.3 is 20.1 Å². The molecule has 31 heavy (non-hydrogen) atoms. The van der Waals surface area contributed by atoms with Crippen LogP contribution < -0.4 is 5.32 Å². The number of nitrogens with zero attached hydrogens (tertiary/aromatic N) is 2.